The first-order valence-electron chi connectivity index (χ1n) is 9.53. The van der Waals surface area contributed by atoms with E-state index >= 15 is 0 Å². The van der Waals surface area contributed by atoms with Crippen LogP contribution in [-0.4, -0.2) is 48.8 Å². The predicted molar refractivity (Wildman–Crippen MR) is 111 cm³/mol. The summed E-state index contributed by atoms with van der Waals surface area (Å²) in [6.45, 7) is 3.87. The number of benzene rings is 1. The minimum atomic E-state index is 0.0941. The molecule has 0 saturated carbocycles. The quantitative estimate of drug-likeness (QED) is 0.519. The number of urea groups is 1. The van der Waals surface area contributed by atoms with Crippen LogP contribution in [0.4, 0.5) is 10.5 Å². The van der Waals surface area contributed by atoms with Gasteiger partial charge in [-0.1, -0.05) is 28.1 Å². The number of hydrogen-bond acceptors (Lipinski definition) is 3. The van der Waals surface area contributed by atoms with Crippen LogP contribution in [-0.2, 0) is 11.2 Å². The van der Waals surface area contributed by atoms with Gasteiger partial charge in [-0.2, -0.15) is 0 Å². The fourth-order valence-electron chi connectivity index (χ4n) is 3.19. The molecule has 2 amide bonds. The van der Waals surface area contributed by atoms with Crippen molar-refractivity contribution in [2.24, 2.45) is 0 Å². The van der Waals surface area contributed by atoms with E-state index in [2.05, 4.69) is 45.2 Å². The summed E-state index contributed by atoms with van der Waals surface area (Å²) in [6.07, 6.45) is 7.48. The van der Waals surface area contributed by atoms with Crippen molar-refractivity contribution < 1.29 is 9.53 Å². The van der Waals surface area contributed by atoms with Gasteiger partial charge >= 0.3 is 6.03 Å². The molecule has 2 aromatic rings. The molecule has 5 nitrogen and oxygen atoms in total. The first-order valence-corrected chi connectivity index (χ1v) is 10.3. The molecule has 27 heavy (non-hydrogen) atoms. The first-order chi connectivity index (χ1) is 13.2. The fourth-order valence-corrected chi connectivity index (χ4v) is 3.46. The number of pyridine rings is 1. The lowest BCUT2D eigenvalue weighted by molar-refractivity contribution is 0.126. The maximum atomic E-state index is 12.5. The van der Waals surface area contributed by atoms with E-state index in [0.717, 1.165) is 68.7 Å². The molecule has 0 spiro atoms. The van der Waals surface area contributed by atoms with E-state index < -0.39 is 0 Å². The van der Waals surface area contributed by atoms with Gasteiger partial charge in [0.2, 0.25) is 0 Å². The van der Waals surface area contributed by atoms with Crippen LogP contribution in [0.3, 0.4) is 0 Å². The second-order valence-corrected chi connectivity index (χ2v) is 7.59. The smallest absolute Gasteiger partial charge is 0.324 e. The molecule has 0 radical (unpaired) electrons. The van der Waals surface area contributed by atoms with Gasteiger partial charge in [-0.25, -0.2) is 4.79 Å². The molecule has 1 aromatic heterocycles. The molecule has 1 aliphatic heterocycles. The Morgan fingerprint density at radius 1 is 0.963 bits per heavy atom. The van der Waals surface area contributed by atoms with E-state index in [1.54, 1.807) is 12.4 Å². The molecule has 1 aromatic carbocycles. The van der Waals surface area contributed by atoms with E-state index in [-0.39, 0.29) is 6.03 Å². The predicted octanol–water partition coefficient (Wildman–Crippen LogP) is 4.52. The van der Waals surface area contributed by atoms with Crippen molar-refractivity contribution in [1.82, 2.24) is 9.88 Å². The lowest BCUT2D eigenvalue weighted by Crippen LogP contribution is -2.32. The highest BCUT2D eigenvalue weighted by molar-refractivity contribution is 9.10. The number of halogens is 1. The van der Waals surface area contributed by atoms with Crippen molar-refractivity contribution in [3.8, 4) is 0 Å². The number of rotatable bonds is 10. The Morgan fingerprint density at radius 2 is 1.70 bits per heavy atom. The molecule has 0 bridgehead atoms. The highest BCUT2D eigenvalue weighted by atomic mass is 79.9. The lowest BCUT2D eigenvalue weighted by atomic mass is 10.1. The van der Waals surface area contributed by atoms with Crippen LogP contribution in [0.15, 0.2) is 53.3 Å². The largest absolute Gasteiger partial charge is 0.381 e. The fraction of sp³-hybridized carbons (Fsp3) is 0.429. The number of nitrogens with zero attached hydrogens (tertiary/aromatic N) is 3. The Kier molecular flexibility index (Phi) is 7.66. The van der Waals surface area contributed by atoms with Gasteiger partial charge in [0.25, 0.3) is 0 Å². The van der Waals surface area contributed by atoms with E-state index in [4.69, 9.17) is 4.74 Å². The molecule has 3 rings (SSSR count). The minimum Gasteiger partial charge on any atom is -0.381 e. The monoisotopic (exact) mass is 431 g/mol. The third-order valence-corrected chi connectivity index (χ3v) is 5.23. The van der Waals surface area contributed by atoms with Crippen LogP contribution in [0, 0.1) is 0 Å². The second-order valence-electron chi connectivity index (χ2n) is 6.68. The number of carbonyl (C=O) groups excluding carboxylic acids is 1. The number of anilines is 1. The zero-order valence-corrected chi connectivity index (χ0v) is 17.1. The molecular formula is C21H26BrN3O2. The van der Waals surface area contributed by atoms with Crippen LogP contribution < -0.4 is 4.90 Å². The van der Waals surface area contributed by atoms with E-state index in [9.17, 15) is 4.79 Å². The Labute approximate surface area is 169 Å². The summed E-state index contributed by atoms with van der Waals surface area (Å²) in [5.74, 6) is 0. The highest BCUT2D eigenvalue weighted by Crippen LogP contribution is 2.19. The van der Waals surface area contributed by atoms with Gasteiger partial charge in [0.1, 0.15) is 0 Å². The van der Waals surface area contributed by atoms with Crippen molar-refractivity contribution in [3.63, 3.8) is 0 Å². The average Bonchev–Trinajstić information content (AvgIpc) is 3.06. The van der Waals surface area contributed by atoms with Crippen LogP contribution in [0.25, 0.3) is 0 Å². The number of aromatic nitrogens is 1. The summed E-state index contributed by atoms with van der Waals surface area (Å²) in [5, 5.41) is 0. The molecule has 1 aliphatic rings. The Bertz CT molecular complexity index is 709. The molecule has 0 N–H and O–H groups in total. The van der Waals surface area contributed by atoms with Crippen molar-refractivity contribution in [2.75, 3.05) is 37.7 Å². The minimum absolute atomic E-state index is 0.0941. The molecule has 6 heteroatoms. The van der Waals surface area contributed by atoms with E-state index in [1.807, 2.05) is 21.9 Å². The zero-order chi connectivity index (χ0) is 18.9. The standard InChI is InChI=1S/C21H26BrN3O2/c22-19-7-5-18(6-8-19)4-3-17-27-16-2-1-13-24-14-15-25(21(24)26)20-9-11-23-12-10-20/h5-12H,1-4,13-17H2. The van der Waals surface area contributed by atoms with Gasteiger partial charge < -0.3 is 9.64 Å². The summed E-state index contributed by atoms with van der Waals surface area (Å²) in [6, 6.07) is 12.3. The molecule has 144 valence electrons. The van der Waals surface area contributed by atoms with Gasteiger partial charge in [0.15, 0.2) is 0 Å². The van der Waals surface area contributed by atoms with E-state index in [0.29, 0.717) is 0 Å². The Balaban J connectivity index is 1.24. The average molecular weight is 432 g/mol. The molecule has 0 unspecified atom stereocenters. The van der Waals surface area contributed by atoms with Gasteiger partial charge in [0, 0.05) is 55.4 Å². The molecule has 1 fully saturated rings. The number of aryl methyl sites for hydroxylation is 1. The number of unbranched alkanes of at least 4 members (excludes halogenated alkanes) is 1. The topological polar surface area (TPSA) is 45.7 Å². The van der Waals surface area contributed by atoms with Crippen molar-refractivity contribution in [3.05, 3.63) is 58.8 Å². The maximum Gasteiger partial charge on any atom is 0.324 e. The summed E-state index contributed by atoms with van der Waals surface area (Å²) in [4.78, 5) is 20.2. The number of carbonyl (C=O) groups is 1. The van der Waals surface area contributed by atoms with Gasteiger partial charge in [-0.05, 0) is 55.5 Å². The third kappa shape index (κ3) is 6.04. The molecule has 2 heterocycles. The summed E-state index contributed by atoms with van der Waals surface area (Å²) in [7, 11) is 0. The van der Waals surface area contributed by atoms with Crippen LogP contribution >= 0.6 is 15.9 Å². The molecule has 0 aliphatic carbocycles. The van der Waals surface area contributed by atoms with Crippen LogP contribution in [0.1, 0.15) is 24.8 Å². The van der Waals surface area contributed by atoms with Gasteiger partial charge in [-0.3, -0.25) is 9.88 Å². The van der Waals surface area contributed by atoms with Crippen molar-refractivity contribution in [2.45, 2.75) is 25.7 Å². The van der Waals surface area contributed by atoms with Crippen molar-refractivity contribution >= 4 is 27.6 Å². The summed E-state index contributed by atoms with van der Waals surface area (Å²) < 4.78 is 6.84. The Hall–Kier alpha value is -1.92. The summed E-state index contributed by atoms with van der Waals surface area (Å²) >= 11 is 3.45. The molecule has 1 saturated heterocycles. The van der Waals surface area contributed by atoms with Crippen LogP contribution in [0.5, 0.6) is 0 Å². The van der Waals surface area contributed by atoms with Crippen LogP contribution in [0.2, 0.25) is 0 Å². The normalized spacial score (nSPS) is 14.2. The molecule has 0 atom stereocenters. The maximum absolute atomic E-state index is 12.5. The molecular weight excluding hydrogens is 406 g/mol. The second kappa shape index (κ2) is 10.4. The highest BCUT2D eigenvalue weighted by Gasteiger charge is 2.28. The van der Waals surface area contributed by atoms with Gasteiger partial charge in [0.05, 0.1) is 0 Å². The zero-order valence-electron chi connectivity index (χ0n) is 15.5. The number of hydrogen-bond donors (Lipinski definition) is 0. The number of amides is 2. The lowest BCUT2D eigenvalue weighted by Gasteiger charge is -2.18. The van der Waals surface area contributed by atoms with E-state index in [1.165, 1.54) is 5.56 Å². The first kappa shape index (κ1) is 19.8. The van der Waals surface area contributed by atoms with Gasteiger partial charge in [-0.15, -0.1) is 0 Å². The van der Waals surface area contributed by atoms with Crippen molar-refractivity contribution in [1.29, 1.82) is 0 Å². The number of ether oxygens (including phenoxy) is 1. The SMILES string of the molecule is O=C1N(CCCCOCCCc2ccc(Br)cc2)CCN1c1ccncc1. The third-order valence-electron chi connectivity index (χ3n) is 4.70. The summed E-state index contributed by atoms with van der Waals surface area (Å²) in [5.41, 5.74) is 2.26. The Morgan fingerprint density at radius 3 is 2.48 bits per heavy atom.